The quantitative estimate of drug-likeness (QED) is 0.343. The minimum Gasteiger partial charge on any atom is -0.481 e. The zero-order valence-corrected chi connectivity index (χ0v) is 15.0. The van der Waals surface area contributed by atoms with Crippen molar-refractivity contribution in [1.29, 1.82) is 0 Å². The molecule has 11 nitrogen and oxygen atoms in total. The van der Waals surface area contributed by atoms with Gasteiger partial charge in [-0.1, -0.05) is 0 Å². The molecule has 1 aromatic carbocycles. The number of carbonyl (C=O) groups is 5. The van der Waals surface area contributed by atoms with E-state index >= 15 is 0 Å². The van der Waals surface area contributed by atoms with Crippen molar-refractivity contribution in [3.8, 4) is 0 Å². The van der Waals surface area contributed by atoms with Crippen LogP contribution in [0.3, 0.4) is 0 Å². The Morgan fingerprint density at radius 2 is 1.59 bits per heavy atom. The predicted molar refractivity (Wildman–Crippen MR) is 92.7 cm³/mol. The summed E-state index contributed by atoms with van der Waals surface area (Å²) in [7, 11) is 0. The molecule has 0 fully saturated rings. The second-order valence-electron chi connectivity index (χ2n) is 5.75. The van der Waals surface area contributed by atoms with E-state index in [0.29, 0.717) is 0 Å². The molecule has 12 heteroatoms. The van der Waals surface area contributed by atoms with E-state index in [1.165, 1.54) is 12.1 Å². The number of halogens is 1. The second-order valence-corrected chi connectivity index (χ2v) is 5.75. The van der Waals surface area contributed by atoms with Crippen LogP contribution < -0.4 is 10.6 Å². The normalized spacial score (nSPS) is 12.3. The Morgan fingerprint density at radius 1 is 0.966 bits per heavy atom. The van der Waals surface area contributed by atoms with Gasteiger partial charge in [-0.2, -0.15) is 0 Å². The maximum Gasteiger partial charge on any atom is 0.408 e. The van der Waals surface area contributed by atoms with Crippen molar-refractivity contribution in [2.45, 2.75) is 31.4 Å². The van der Waals surface area contributed by atoms with E-state index in [0.717, 1.165) is 12.1 Å². The highest BCUT2D eigenvalue weighted by molar-refractivity contribution is 5.94. The van der Waals surface area contributed by atoms with Gasteiger partial charge in [0.05, 0.1) is 0 Å². The number of carbonyl (C=O) groups excluding carboxylic acids is 2. The Morgan fingerprint density at radius 3 is 2.10 bits per heavy atom. The molecule has 0 aliphatic carbocycles. The maximum absolute atomic E-state index is 12.8. The van der Waals surface area contributed by atoms with Gasteiger partial charge in [-0.3, -0.25) is 9.59 Å². The van der Waals surface area contributed by atoms with Gasteiger partial charge in [0.25, 0.3) is 5.91 Å². The molecule has 29 heavy (non-hydrogen) atoms. The van der Waals surface area contributed by atoms with Crippen LogP contribution in [0.25, 0.3) is 0 Å². The molecule has 2 amide bonds. The molecule has 5 N–H and O–H groups in total. The Bertz CT molecular complexity index is 767. The number of nitrogens with one attached hydrogen (secondary N) is 2. The monoisotopic (exact) mass is 414 g/mol. The first kappa shape index (κ1) is 23.3. The van der Waals surface area contributed by atoms with Gasteiger partial charge in [0.15, 0.2) is 0 Å². The van der Waals surface area contributed by atoms with E-state index < -0.39 is 60.7 Å². The first-order valence-corrected chi connectivity index (χ1v) is 8.28. The van der Waals surface area contributed by atoms with Gasteiger partial charge < -0.3 is 30.7 Å². The summed E-state index contributed by atoms with van der Waals surface area (Å²) in [5, 5.41) is 30.9. The summed E-state index contributed by atoms with van der Waals surface area (Å²) in [5.41, 5.74) is 0.139. The van der Waals surface area contributed by atoms with E-state index in [1.807, 2.05) is 5.32 Å². The van der Waals surface area contributed by atoms with Gasteiger partial charge in [0.1, 0.15) is 11.9 Å². The lowest BCUT2D eigenvalue weighted by Crippen LogP contribution is -2.44. The minimum atomic E-state index is -1.70. The fourth-order valence-electron chi connectivity index (χ4n) is 2.08. The van der Waals surface area contributed by atoms with Gasteiger partial charge in [-0.15, -0.1) is 0 Å². The molecule has 0 bridgehead atoms. The molecule has 0 aliphatic rings. The van der Waals surface area contributed by atoms with Crippen molar-refractivity contribution >= 4 is 29.9 Å². The van der Waals surface area contributed by atoms with E-state index in [4.69, 9.17) is 15.3 Å². The minimum absolute atomic E-state index is 0.139. The lowest BCUT2D eigenvalue weighted by Gasteiger charge is -2.17. The van der Waals surface area contributed by atoms with Crippen LogP contribution in [0.4, 0.5) is 9.18 Å². The molecule has 0 aliphatic heterocycles. The van der Waals surface area contributed by atoms with E-state index in [1.54, 1.807) is 0 Å². The first-order valence-electron chi connectivity index (χ1n) is 8.28. The highest BCUT2D eigenvalue weighted by Gasteiger charge is 2.26. The Kier molecular flexibility index (Phi) is 9.02. The van der Waals surface area contributed by atoms with Crippen LogP contribution in [-0.4, -0.2) is 63.9 Å². The lowest BCUT2D eigenvalue weighted by molar-refractivity contribution is -0.147. The molecule has 0 unspecified atom stereocenters. The summed E-state index contributed by atoms with van der Waals surface area (Å²) in [5.74, 6) is -5.45. The molecule has 158 valence electrons. The molecule has 0 radical (unpaired) electrons. The van der Waals surface area contributed by atoms with Crippen molar-refractivity contribution in [3.05, 3.63) is 35.6 Å². The van der Waals surface area contributed by atoms with E-state index in [9.17, 15) is 28.4 Å². The largest absolute Gasteiger partial charge is 0.481 e. The molecule has 0 saturated carbocycles. The van der Waals surface area contributed by atoms with Crippen molar-refractivity contribution in [2.75, 3.05) is 6.54 Å². The number of rotatable bonds is 11. The highest BCUT2D eigenvalue weighted by Crippen LogP contribution is 2.05. The number of carboxylic acid groups (broad SMARTS) is 3. The zero-order valence-electron chi connectivity index (χ0n) is 15.0. The van der Waals surface area contributed by atoms with Crippen LogP contribution in [0.5, 0.6) is 0 Å². The standard InChI is InChI=1S/C17H19FN2O9/c18-10-3-1-9(2-4-10)14(23)19-8-7-12(16(26)27)29-17(28)20-11(15(24)25)5-6-13(21)22/h1-4,11-12H,5-8H2,(H,19,23)(H,20,28)(H,21,22)(H,24,25)(H,26,27)/t11-,12+/m0/s1. The molecule has 2 atom stereocenters. The van der Waals surface area contributed by atoms with E-state index in [-0.39, 0.29) is 18.5 Å². The molecule has 0 aromatic heterocycles. The van der Waals surface area contributed by atoms with Gasteiger partial charge >= 0.3 is 24.0 Å². The van der Waals surface area contributed by atoms with Crippen LogP contribution in [-0.2, 0) is 19.1 Å². The van der Waals surface area contributed by atoms with Gasteiger partial charge in [0.2, 0.25) is 6.10 Å². The predicted octanol–water partition coefficient (Wildman–Crippen LogP) is 0.443. The molecule has 0 heterocycles. The average molecular weight is 414 g/mol. The molecular formula is C17H19FN2O9. The summed E-state index contributed by atoms with van der Waals surface area (Å²) < 4.78 is 17.5. The molecule has 0 saturated heterocycles. The number of carboxylic acids is 3. The topological polar surface area (TPSA) is 179 Å². The van der Waals surface area contributed by atoms with Crippen molar-refractivity contribution in [1.82, 2.24) is 10.6 Å². The average Bonchev–Trinajstić information content (AvgIpc) is 2.64. The third-order valence-corrected chi connectivity index (χ3v) is 3.56. The van der Waals surface area contributed by atoms with Crippen molar-refractivity contribution < 1.29 is 48.4 Å². The first-order chi connectivity index (χ1) is 13.6. The van der Waals surface area contributed by atoms with Gasteiger partial charge in [-0.25, -0.2) is 18.8 Å². The van der Waals surface area contributed by atoms with Crippen LogP contribution in [0.2, 0.25) is 0 Å². The number of hydrogen-bond donors (Lipinski definition) is 5. The Hall–Kier alpha value is -3.70. The van der Waals surface area contributed by atoms with Crippen LogP contribution in [0.1, 0.15) is 29.6 Å². The Balaban J connectivity index is 2.54. The molecule has 1 aromatic rings. The lowest BCUT2D eigenvalue weighted by atomic mass is 10.1. The number of benzene rings is 1. The fraction of sp³-hybridized carbons (Fsp3) is 0.353. The van der Waals surface area contributed by atoms with E-state index in [2.05, 4.69) is 10.1 Å². The molecule has 1 rings (SSSR count). The van der Waals surface area contributed by atoms with Crippen LogP contribution in [0, 0.1) is 5.82 Å². The third kappa shape index (κ3) is 8.69. The molecule has 0 spiro atoms. The number of aliphatic carboxylic acids is 3. The summed E-state index contributed by atoms with van der Waals surface area (Å²) in [6.45, 7) is -0.207. The highest BCUT2D eigenvalue weighted by atomic mass is 19.1. The summed E-state index contributed by atoms with van der Waals surface area (Å²) in [4.78, 5) is 56.3. The number of ether oxygens (including phenoxy) is 1. The number of hydrogen-bond acceptors (Lipinski definition) is 6. The third-order valence-electron chi connectivity index (χ3n) is 3.56. The van der Waals surface area contributed by atoms with Crippen molar-refractivity contribution in [3.63, 3.8) is 0 Å². The number of amides is 2. The fourth-order valence-corrected chi connectivity index (χ4v) is 2.08. The smallest absolute Gasteiger partial charge is 0.408 e. The summed E-state index contributed by atoms with van der Waals surface area (Å²) in [6.07, 6.45) is -4.35. The van der Waals surface area contributed by atoms with Crippen LogP contribution in [0.15, 0.2) is 24.3 Å². The summed E-state index contributed by atoms with van der Waals surface area (Å²) in [6, 6.07) is 3.03. The van der Waals surface area contributed by atoms with Crippen LogP contribution >= 0.6 is 0 Å². The summed E-state index contributed by atoms with van der Waals surface area (Å²) >= 11 is 0. The number of alkyl carbamates (subject to hydrolysis) is 1. The Labute approximate surface area is 163 Å². The molecular weight excluding hydrogens is 395 g/mol. The van der Waals surface area contributed by atoms with Crippen molar-refractivity contribution in [2.24, 2.45) is 0 Å². The SMILES string of the molecule is O=C(O)CC[C@H](NC(=O)O[C@H](CCNC(=O)c1ccc(F)cc1)C(=O)O)C(=O)O. The van der Waals surface area contributed by atoms with Gasteiger partial charge in [-0.05, 0) is 30.7 Å². The van der Waals surface area contributed by atoms with Gasteiger partial charge in [0, 0.05) is 24.9 Å². The zero-order chi connectivity index (χ0) is 22.0. The maximum atomic E-state index is 12.8. The second kappa shape index (κ2) is 11.2.